The first-order chi connectivity index (χ1) is 7.18. The van der Waals surface area contributed by atoms with Crippen LogP contribution < -0.4 is 0 Å². The van der Waals surface area contributed by atoms with E-state index in [-0.39, 0.29) is 0 Å². The molecule has 0 amide bonds. The van der Waals surface area contributed by atoms with Gasteiger partial charge in [0.15, 0.2) is 0 Å². The zero-order valence-corrected chi connectivity index (χ0v) is 10.00. The summed E-state index contributed by atoms with van der Waals surface area (Å²) >= 11 is 0. The van der Waals surface area contributed by atoms with Crippen molar-refractivity contribution < 1.29 is 9.53 Å². The maximum Gasteiger partial charge on any atom is 0.134 e. The minimum Gasteiger partial charge on any atom is -0.378 e. The third-order valence-corrected chi connectivity index (χ3v) is 2.84. The number of ketones is 1. The molecule has 88 valence electrons. The predicted octanol–water partition coefficient (Wildman–Crippen LogP) is 1.86. The lowest BCUT2D eigenvalue weighted by atomic mass is 10.1. The van der Waals surface area contributed by atoms with E-state index in [1.54, 1.807) is 0 Å². The van der Waals surface area contributed by atoms with Crippen LogP contribution in [0.2, 0.25) is 0 Å². The Kier molecular flexibility index (Phi) is 5.88. The van der Waals surface area contributed by atoms with E-state index in [0.29, 0.717) is 18.3 Å². The van der Waals surface area contributed by atoms with E-state index in [4.69, 9.17) is 4.74 Å². The second kappa shape index (κ2) is 6.96. The van der Waals surface area contributed by atoms with Crippen molar-refractivity contribution >= 4 is 5.78 Å². The molecule has 15 heavy (non-hydrogen) atoms. The monoisotopic (exact) mass is 213 g/mol. The Labute approximate surface area is 92.8 Å². The number of carbonyl (C=O) groups is 1. The highest BCUT2D eigenvalue weighted by molar-refractivity contribution is 5.78. The van der Waals surface area contributed by atoms with Gasteiger partial charge in [-0.05, 0) is 39.8 Å². The van der Waals surface area contributed by atoms with Crippen molar-refractivity contribution in [2.24, 2.45) is 0 Å². The highest BCUT2D eigenvalue weighted by Gasteiger charge is 2.15. The molecule has 1 atom stereocenters. The quantitative estimate of drug-likeness (QED) is 0.646. The Bertz CT molecular complexity index is 186. The van der Waals surface area contributed by atoms with Crippen molar-refractivity contribution in [3.05, 3.63) is 0 Å². The molecule has 0 bridgehead atoms. The molecule has 1 rings (SSSR count). The molecule has 0 aromatic heterocycles. The lowest BCUT2D eigenvalue weighted by molar-refractivity contribution is -0.119. The Morgan fingerprint density at radius 1 is 1.40 bits per heavy atom. The zero-order valence-electron chi connectivity index (χ0n) is 10.00. The van der Waals surface area contributed by atoms with Gasteiger partial charge in [-0.15, -0.1) is 0 Å². The van der Waals surface area contributed by atoms with Crippen LogP contribution in [0.3, 0.4) is 0 Å². The van der Waals surface area contributed by atoms with E-state index in [2.05, 4.69) is 4.90 Å². The Hall–Kier alpha value is -0.410. The third kappa shape index (κ3) is 5.90. The van der Waals surface area contributed by atoms with Gasteiger partial charge in [0.05, 0.1) is 6.10 Å². The summed E-state index contributed by atoms with van der Waals surface area (Å²) in [6.45, 7) is 1.79. The predicted molar refractivity (Wildman–Crippen MR) is 61.0 cm³/mol. The van der Waals surface area contributed by atoms with Gasteiger partial charge in [0.2, 0.25) is 0 Å². The van der Waals surface area contributed by atoms with Gasteiger partial charge in [-0.25, -0.2) is 0 Å². The third-order valence-electron chi connectivity index (χ3n) is 2.84. The molecule has 0 saturated carbocycles. The highest BCUT2D eigenvalue weighted by Crippen LogP contribution is 2.17. The molecule has 0 N–H and O–H groups in total. The SMILES string of the molecule is CN(C)CCC(=O)CCCC1CCCO1. The number of ether oxygens (including phenoxy) is 1. The molecule has 0 radical (unpaired) electrons. The van der Waals surface area contributed by atoms with Crippen molar-refractivity contribution in [3.8, 4) is 0 Å². The summed E-state index contributed by atoms with van der Waals surface area (Å²) in [6.07, 6.45) is 6.30. The summed E-state index contributed by atoms with van der Waals surface area (Å²) in [4.78, 5) is 13.5. The van der Waals surface area contributed by atoms with Gasteiger partial charge in [0.1, 0.15) is 5.78 Å². The van der Waals surface area contributed by atoms with E-state index in [1.807, 2.05) is 14.1 Å². The van der Waals surface area contributed by atoms with E-state index in [9.17, 15) is 4.79 Å². The van der Waals surface area contributed by atoms with Crippen molar-refractivity contribution in [3.63, 3.8) is 0 Å². The van der Waals surface area contributed by atoms with Crippen LogP contribution in [0.5, 0.6) is 0 Å². The average Bonchev–Trinajstić information content (AvgIpc) is 2.67. The first-order valence-electron chi connectivity index (χ1n) is 5.96. The maximum atomic E-state index is 11.5. The van der Waals surface area contributed by atoms with E-state index in [0.717, 1.165) is 32.4 Å². The fourth-order valence-electron chi connectivity index (χ4n) is 1.87. The van der Waals surface area contributed by atoms with Crippen LogP contribution in [-0.4, -0.2) is 44.0 Å². The molecule has 1 fully saturated rings. The number of nitrogens with zero attached hydrogens (tertiary/aromatic N) is 1. The maximum absolute atomic E-state index is 11.5. The second-order valence-electron chi connectivity index (χ2n) is 4.62. The molecule has 0 aromatic rings. The van der Waals surface area contributed by atoms with Gasteiger partial charge in [-0.3, -0.25) is 4.79 Å². The van der Waals surface area contributed by atoms with Crippen LogP contribution in [0.25, 0.3) is 0 Å². The Balaban J connectivity index is 1.96. The van der Waals surface area contributed by atoms with Gasteiger partial charge < -0.3 is 9.64 Å². The fourth-order valence-corrected chi connectivity index (χ4v) is 1.87. The lowest BCUT2D eigenvalue weighted by Crippen LogP contribution is -2.16. The zero-order chi connectivity index (χ0) is 11.1. The highest BCUT2D eigenvalue weighted by atomic mass is 16.5. The molecular weight excluding hydrogens is 190 g/mol. The molecule has 1 aliphatic rings. The van der Waals surface area contributed by atoms with Gasteiger partial charge in [0.25, 0.3) is 0 Å². The Morgan fingerprint density at radius 3 is 2.80 bits per heavy atom. The molecule has 1 unspecified atom stereocenters. The molecule has 1 saturated heterocycles. The van der Waals surface area contributed by atoms with Crippen LogP contribution in [0.4, 0.5) is 0 Å². The van der Waals surface area contributed by atoms with Crippen LogP contribution in [0, 0.1) is 0 Å². The molecule has 0 spiro atoms. The summed E-state index contributed by atoms with van der Waals surface area (Å²) < 4.78 is 5.51. The van der Waals surface area contributed by atoms with Crippen molar-refractivity contribution in [1.82, 2.24) is 4.90 Å². The number of hydrogen-bond donors (Lipinski definition) is 0. The molecule has 3 heteroatoms. The van der Waals surface area contributed by atoms with Gasteiger partial charge >= 0.3 is 0 Å². The van der Waals surface area contributed by atoms with Crippen LogP contribution >= 0.6 is 0 Å². The fraction of sp³-hybridized carbons (Fsp3) is 0.917. The number of hydrogen-bond acceptors (Lipinski definition) is 3. The number of Topliss-reactive ketones (excluding diaryl/α,β-unsaturated/α-hetero) is 1. The normalized spacial score (nSPS) is 21.1. The Morgan fingerprint density at radius 2 is 2.20 bits per heavy atom. The standard InChI is InChI=1S/C12H23NO2/c1-13(2)9-8-11(14)5-3-6-12-7-4-10-15-12/h12H,3-10H2,1-2H3. The molecule has 0 aliphatic carbocycles. The van der Waals surface area contributed by atoms with Crippen LogP contribution in [0.15, 0.2) is 0 Å². The molecule has 3 nitrogen and oxygen atoms in total. The number of carbonyl (C=O) groups excluding carboxylic acids is 1. The smallest absolute Gasteiger partial charge is 0.134 e. The summed E-state index contributed by atoms with van der Waals surface area (Å²) in [5.74, 6) is 0.390. The molecule has 1 aliphatic heterocycles. The minimum atomic E-state index is 0.390. The first-order valence-corrected chi connectivity index (χ1v) is 5.96. The van der Waals surface area contributed by atoms with Gasteiger partial charge in [-0.2, -0.15) is 0 Å². The minimum absolute atomic E-state index is 0.390. The summed E-state index contributed by atoms with van der Waals surface area (Å²) in [7, 11) is 4.00. The summed E-state index contributed by atoms with van der Waals surface area (Å²) in [5, 5.41) is 0. The van der Waals surface area contributed by atoms with E-state index >= 15 is 0 Å². The first kappa shape index (κ1) is 12.7. The second-order valence-corrected chi connectivity index (χ2v) is 4.62. The van der Waals surface area contributed by atoms with Gasteiger partial charge in [-0.1, -0.05) is 0 Å². The van der Waals surface area contributed by atoms with E-state index < -0.39 is 0 Å². The van der Waals surface area contributed by atoms with Crippen molar-refractivity contribution in [1.29, 1.82) is 0 Å². The average molecular weight is 213 g/mol. The van der Waals surface area contributed by atoms with Crippen LogP contribution in [0.1, 0.15) is 38.5 Å². The van der Waals surface area contributed by atoms with Crippen molar-refractivity contribution in [2.45, 2.75) is 44.6 Å². The molecule has 0 aromatic carbocycles. The topological polar surface area (TPSA) is 29.5 Å². The largest absolute Gasteiger partial charge is 0.378 e. The molecule has 1 heterocycles. The lowest BCUT2D eigenvalue weighted by Gasteiger charge is -2.10. The van der Waals surface area contributed by atoms with Gasteiger partial charge in [0, 0.05) is 26.0 Å². The van der Waals surface area contributed by atoms with E-state index in [1.165, 1.54) is 12.8 Å². The molecular formula is C12H23NO2. The van der Waals surface area contributed by atoms with Crippen LogP contribution in [-0.2, 0) is 9.53 Å². The summed E-state index contributed by atoms with van der Waals surface area (Å²) in [5.41, 5.74) is 0. The summed E-state index contributed by atoms with van der Waals surface area (Å²) in [6, 6.07) is 0. The number of rotatable bonds is 7. The van der Waals surface area contributed by atoms with Crippen molar-refractivity contribution in [2.75, 3.05) is 27.2 Å².